The van der Waals surface area contributed by atoms with Gasteiger partial charge in [0.25, 0.3) is 0 Å². The van der Waals surface area contributed by atoms with Crippen LogP contribution in [-0.4, -0.2) is 14.2 Å². The second kappa shape index (κ2) is 4.09. The first-order valence-corrected chi connectivity index (χ1v) is 4.59. The van der Waals surface area contributed by atoms with E-state index in [4.69, 9.17) is 13.9 Å². The van der Waals surface area contributed by atoms with Gasteiger partial charge in [-0.2, -0.15) is 0 Å². The maximum atomic E-state index is 5.29. The third kappa shape index (κ3) is 1.81. The maximum absolute atomic E-state index is 5.29. The van der Waals surface area contributed by atoms with Crippen molar-refractivity contribution in [2.75, 3.05) is 14.2 Å². The predicted octanol–water partition coefficient (Wildman–Crippen LogP) is 2.96. The first kappa shape index (κ1) is 9.65. The summed E-state index contributed by atoms with van der Waals surface area (Å²) in [5.74, 6) is 1.55. The summed E-state index contributed by atoms with van der Waals surface area (Å²) in [5.41, 5.74) is 1.99. The molecule has 3 heteroatoms. The van der Waals surface area contributed by atoms with E-state index in [0.717, 1.165) is 22.6 Å². The van der Waals surface area contributed by atoms with Crippen LogP contribution in [0.25, 0.3) is 11.1 Å². The summed E-state index contributed by atoms with van der Waals surface area (Å²) in [7, 11) is 3.27. The smallest absolute Gasteiger partial charge is 0.130 e. The lowest BCUT2D eigenvalue weighted by atomic mass is 10.1. The lowest BCUT2D eigenvalue weighted by molar-refractivity contribution is 0.395. The van der Waals surface area contributed by atoms with Gasteiger partial charge in [-0.3, -0.25) is 0 Å². The number of ether oxygens (including phenoxy) is 2. The fourth-order valence-electron chi connectivity index (χ4n) is 1.45. The molecular formula is C12H12O3. The van der Waals surface area contributed by atoms with Crippen LogP contribution in [0.3, 0.4) is 0 Å². The quantitative estimate of drug-likeness (QED) is 0.770. The molecule has 0 saturated heterocycles. The van der Waals surface area contributed by atoms with Crippen LogP contribution in [0.15, 0.2) is 41.2 Å². The third-order valence-corrected chi connectivity index (χ3v) is 2.24. The topological polar surface area (TPSA) is 31.6 Å². The maximum Gasteiger partial charge on any atom is 0.130 e. The average Bonchev–Trinajstić information content (AvgIpc) is 2.81. The van der Waals surface area contributed by atoms with E-state index in [-0.39, 0.29) is 0 Å². The Kier molecular flexibility index (Phi) is 2.63. The van der Waals surface area contributed by atoms with E-state index in [1.165, 1.54) is 0 Å². The zero-order chi connectivity index (χ0) is 10.7. The normalized spacial score (nSPS) is 10.0. The molecule has 0 saturated carbocycles. The summed E-state index contributed by atoms with van der Waals surface area (Å²) in [4.78, 5) is 0. The molecule has 0 unspecified atom stereocenters. The van der Waals surface area contributed by atoms with Crippen molar-refractivity contribution in [2.45, 2.75) is 0 Å². The highest BCUT2D eigenvalue weighted by molar-refractivity contribution is 5.70. The van der Waals surface area contributed by atoms with Crippen LogP contribution in [0.2, 0.25) is 0 Å². The van der Waals surface area contributed by atoms with Gasteiger partial charge in [-0.15, -0.1) is 0 Å². The highest BCUT2D eigenvalue weighted by atomic mass is 16.5. The van der Waals surface area contributed by atoms with Gasteiger partial charge in [0.05, 0.1) is 26.7 Å². The molecule has 2 rings (SSSR count). The van der Waals surface area contributed by atoms with Crippen LogP contribution >= 0.6 is 0 Å². The van der Waals surface area contributed by atoms with Gasteiger partial charge in [0.15, 0.2) is 0 Å². The highest BCUT2D eigenvalue weighted by Crippen LogP contribution is 2.33. The Morgan fingerprint density at radius 3 is 2.53 bits per heavy atom. The van der Waals surface area contributed by atoms with Crippen LogP contribution in [-0.2, 0) is 0 Å². The van der Waals surface area contributed by atoms with Crippen molar-refractivity contribution < 1.29 is 13.9 Å². The Balaban J connectivity index is 2.48. The van der Waals surface area contributed by atoms with E-state index in [0.29, 0.717) is 0 Å². The molecule has 1 heterocycles. The van der Waals surface area contributed by atoms with E-state index < -0.39 is 0 Å². The van der Waals surface area contributed by atoms with Gasteiger partial charge in [-0.1, -0.05) is 0 Å². The molecule has 0 aliphatic carbocycles. The molecule has 15 heavy (non-hydrogen) atoms. The van der Waals surface area contributed by atoms with Crippen LogP contribution in [0.4, 0.5) is 0 Å². The van der Waals surface area contributed by atoms with E-state index in [2.05, 4.69) is 0 Å². The number of rotatable bonds is 3. The number of hydrogen-bond acceptors (Lipinski definition) is 3. The molecule has 0 atom stereocenters. The standard InChI is InChI=1S/C12H12O3/c1-13-10-3-4-11(12(7-10)14-2)9-5-6-15-8-9/h3-8H,1-2H3. The molecule has 0 spiro atoms. The number of methoxy groups -OCH3 is 2. The second-order valence-electron chi connectivity index (χ2n) is 3.08. The van der Waals surface area contributed by atoms with Crippen molar-refractivity contribution in [3.05, 3.63) is 36.8 Å². The van der Waals surface area contributed by atoms with Gasteiger partial charge in [0.1, 0.15) is 11.5 Å². The monoisotopic (exact) mass is 204 g/mol. The lowest BCUT2D eigenvalue weighted by Gasteiger charge is -2.08. The Hall–Kier alpha value is -1.90. The van der Waals surface area contributed by atoms with E-state index in [1.807, 2.05) is 24.3 Å². The van der Waals surface area contributed by atoms with Gasteiger partial charge in [-0.25, -0.2) is 0 Å². The molecule has 1 aromatic heterocycles. The molecule has 2 aromatic rings. The Morgan fingerprint density at radius 1 is 1.07 bits per heavy atom. The SMILES string of the molecule is COc1ccc(-c2ccoc2)c(OC)c1. The summed E-state index contributed by atoms with van der Waals surface area (Å²) in [6.45, 7) is 0. The minimum atomic E-state index is 0.774. The first-order valence-electron chi connectivity index (χ1n) is 4.59. The van der Waals surface area contributed by atoms with Crippen molar-refractivity contribution in [1.82, 2.24) is 0 Å². The Bertz CT molecular complexity index is 432. The largest absolute Gasteiger partial charge is 0.497 e. The van der Waals surface area contributed by atoms with E-state index >= 15 is 0 Å². The summed E-state index contributed by atoms with van der Waals surface area (Å²) in [6.07, 6.45) is 3.32. The van der Waals surface area contributed by atoms with E-state index in [1.54, 1.807) is 26.7 Å². The summed E-state index contributed by atoms with van der Waals surface area (Å²) < 4.78 is 15.5. The van der Waals surface area contributed by atoms with Crippen molar-refractivity contribution >= 4 is 0 Å². The third-order valence-electron chi connectivity index (χ3n) is 2.24. The summed E-state index contributed by atoms with van der Waals surface area (Å²) >= 11 is 0. The second-order valence-corrected chi connectivity index (χ2v) is 3.08. The van der Waals surface area contributed by atoms with Crippen LogP contribution in [0, 0.1) is 0 Å². The Morgan fingerprint density at radius 2 is 1.93 bits per heavy atom. The van der Waals surface area contributed by atoms with Gasteiger partial charge in [0, 0.05) is 17.2 Å². The van der Waals surface area contributed by atoms with Crippen molar-refractivity contribution in [3.8, 4) is 22.6 Å². The molecule has 0 radical (unpaired) electrons. The van der Waals surface area contributed by atoms with Gasteiger partial charge >= 0.3 is 0 Å². The highest BCUT2D eigenvalue weighted by Gasteiger charge is 2.07. The molecule has 0 bridgehead atoms. The van der Waals surface area contributed by atoms with Gasteiger partial charge in [-0.05, 0) is 18.2 Å². The van der Waals surface area contributed by atoms with Gasteiger partial charge in [0.2, 0.25) is 0 Å². The van der Waals surface area contributed by atoms with E-state index in [9.17, 15) is 0 Å². The minimum Gasteiger partial charge on any atom is -0.497 e. The minimum absolute atomic E-state index is 0.774. The number of benzene rings is 1. The Labute approximate surface area is 88.2 Å². The fraction of sp³-hybridized carbons (Fsp3) is 0.167. The molecule has 3 nitrogen and oxygen atoms in total. The number of furan rings is 1. The zero-order valence-electron chi connectivity index (χ0n) is 8.69. The molecule has 0 fully saturated rings. The van der Waals surface area contributed by atoms with Gasteiger partial charge < -0.3 is 13.9 Å². The molecular weight excluding hydrogens is 192 g/mol. The summed E-state index contributed by atoms with van der Waals surface area (Å²) in [6, 6.07) is 7.58. The first-order chi connectivity index (χ1) is 7.35. The van der Waals surface area contributed by atoms with Crippen LogP contribution < -0.4 is 9.47 Å². The average molecular weight is 204 g/mol. The summed E-state index contributed by atoms with van der Waals surface area (Å²) in [5, 5.41) is 0. The molecule has 0 aliphatic rings. The molecule has 1 aromatic carbocycles. The molecule has 0 N–H and O–H groups in total. The van der Waals surface area contributed by atoms with Crippen LogP contribution in [0.5, 0.6) is 11.5 Å². The van der Waals surface area contributed by atoms with Crippen molar-refractivity contribution in [2.24, 2.45) is 0 Å². The molecule has 0 amide bonds. The zero-order valence-corrected chi connectivity index (χ0v) is 8.69. The lowest BCUT2D eigenvalue weighted by Crippen LogP contribution is -1.89. The van der Waals surface area contributed by atoms with Crippen molar-refractivity contribution in [1.29, 1.82) is 0 Å². The predicted molar refractivity (Wildman–Crippen MR) is 57.2 cm³/mol. The van der Waals surface area contributed by atoms with Crippen LogP contribution in [0.1, 0.15) is 0 Å². The molecule has 0 aliphatic heterocycles. The van der Waals surface area contributed by atoms with Crippen molar-refractivity contribution in [3.63, 3.8) is 0 Å². The molecule has 78 valence electrons. The fourth-order valence-corrected chi connectivity index (χ4v) is 1.45. The number of hydrogen-bond donors (Lipinski definition) is 0.